The Balaban J connectivity index is 0.00000254. The van der Waals surface area contributed by atoms with Gasteiger partial charge in [0, 0.05) is 39.3 Å². The molecular weight excluding hydrogens is 592 g/mol. The number of nitrogens with zero attached hydrogens (tertiary/aromatic N) is 4. The number of aromatic nitrogens is 2. The molecule has 0 amide bonds. The van der Waals surface area contributed by atoms with Crippen LogP contribution in [0.4, 0.5) is 0 Å². The van der Waals surface area contributed by atoms with E-state index in [1.54, 1.807) is 12.1 Å². The predicted molar refractivity (Wildman–Crippen MR) is 177 cm³/mol. The monoisotopic (exact) mass is 648 g/mol. The molecule has 1 aliphatic heterocycles. The van der Waals surface area contributed by atoms with Crippen LogP contribution in [-0.4, -0.2) is 120 Å². The van der Waals surface area contributed by atoms with E-state index >= 15 is 0 Å². The second-order valence-electron chi connectivity index (χ2n) is 10.2. The van der Waals surface area contributed by atoms with Gasteiger partial charge in [-0.05, 0) is 37.6 Å². The van der Waals surface area contributed by atoms with E-state index < -0.39 is 11.9 Å². The Morgan fingerprint density at radius 2 is 1.15 bits per heavy atom. The van der Waals surface area contributed by atoms with Crippen molar-refractivity contribution >= 4 is 11.9 Å². The highest BCUT2D eigenvalue weighted by Gasteiger charge is 2.20. The summed E-state index contributed by atoms with van der Waals surface area (Å²) >= 11 is 0. The van der Waals surface area contributed by atoms with Crippen molar-refractivity contribution in [2.75, 3.05) is 65.8 Å². The van der Waals surface area contributed by atoms with Gasteiger partial charge in [0.2, 0.25) is 0 Å². The number of aromatic carboxylic acids is 2. The van der Waals surface area contributed by atoms with Gasteiger partial charge in [0.15, 0.2) is 0 Å². The van der Waals surface area contributed by atoms with E-state index in [0.29, 0.717) is 90.3 Å². The van der Waals surface area contributed by atoms with E-state index in [-0.39, 0.29) is 23.6 Å². The summed E-state index contributed by atoms with van der Waals surface area (Å²) in [6.07, 6.45) is 1.61. The molecule has 260 valence electrons. The van der Waals surface area contributed by atoms with Gasteiger partial charge in [-0.25, -0.2) is 19.6 Å². The van der Waals surface area contributed by atoms with Crippen molar-refractivity contribution < 1.29 is 38.7 Å². The second kappa shape index (κ2) is 25.1. The van der Waals surface area contributed by atoms with Gasteiger partial charge in [0.05, 0.1) is 63.2 Å². The molecule has 2 aromatic heterocycles. The van der Waals surface area contributed by atoms with Crippen LogP contribution in [0.25, 0.3) is 0 Å². The molecule has 0 bridgehead atoms. The molecule has 2 N–H and O–H groups in total. The molecule has 12 nitrogen and oxygen atoms in total. The lowest BCUT2D eigenvalue weighted by atomic mass is 10.1. The fraction of sp³-hybridized carbons (Fsp3) is 0.647. The maximum atomic E-state index is 11.4. The molecule has 0 spiro atoms. The first-order valence-corrected chi connectivity index (χ1v) is 16.6. The van der Waals surface area contributed by atoms with Crippen LogP contribution < -0.4 is 0 Å². The number of hydrogen-bond acceptors (Lipinski definition) is 10. The topological polar surface area (TPSA) is 144 Å². The Morgan fingerprint density at radius 1 is 0.717 bits per heavy atom. The summed E-state index contributed by atoms with van der Waals surface area (Å²) in [4.78, 5) is 35.5. The van der Waals surface area contributed by atoms with Gasteiger partial charge in [-0.1, -0.05) is 53.2 Å². The number of carbonyl (C=O) groups is 2. The molecule has 2 aromatic rings. The molecule has 3 rings (SSSR count). The second-order valence-corrected chi connectivity index (χ2v) is 10.2. The minimum absolute atomic E-state index is 0.0234. The Kier molecular flexibility index (Phi) is 22.4. The summed E-state index contributed by atoms with van der Waals surface area (Å²) in [6, 6.07) is 10.0. The summed E-state index contributed by atoms with van der Waals surface area (Å²) in [7, 11) is 0. The molecule has 2 atom stereocenters. The van der Waals surface area contributed by atoms with Crippen molar-refractivity contribution in [2.45, 2.75) is 79.7 Å². The highest BCUT2D eigenvalue weighted by Crippen LogP contribution is 2.13. The highest BCUT2D eigenvalue weighted by atomic mass is 16.5. The molecule has 1 fully saturated rings. The molecule has 0 saturated carbocycles. The predicted octanol–water partition coefficient (Wildman–Crippen LogP) is 4.87. The minimum Gasteiger partial charge on any atom is -0.477 e. The van der Waals surface area contributed by atoms with Crippen LogP contribution in [0.2, 0.25) is 0 Å². The smallest absolute Gasteiger partial charge is 0.354 e. The molecule has 1 saturated heterocycles. The third-order valence-electron chi connectivity index (χ3n) is 6.92. The maximum Gasteiger partial charge on any atom is 0.354 e. The zero-order valence-corrected chi connectivity index (χ0v) is 28.7. The van der Waals surface area contributed by atoms with Crippen LogP contribution in [0.15, 0.2) is 36.4 Å². The average molecular weight is 649 g/mol. The first-order chi connectivity index (χ1) is 22.4. The normalized spacial score (nSPS) is 19.7. The van der Waals surface area contributed by atoms with E-state index in [1.807, 2.05) is 46.8 Å². The van der Waals surface area contributed by atoms with Crippen molar-refractivity contribution in [3.05, 3.63) is 59.2 Å². The fourth-order valence-corrected chi connectivity index (χ4v) is 4.63. The van der Waals surface area contributed by atoms with Crippen LogP contribution in [0.1, 0.15) is 86.7 Å². The molecule has 12 heteroatoms. The van der Waals surface area contributed by atoms with Crippen LogP contribution in [0.3, 0.4) is 0 Å². The summed E-state index contributed by atoms with van der Waals surface area (Å²) < 4.78 is 24.2. The van der Waals surface area contributed by atoms with Crippen molar-refractivity contribution in [1.29, 1.82) is 0 Å². The van der Waals surface area contributed by atoms with Gasteiger partial charge in [0.1, 0.15) is 11.4 Å². The van der Waals surface area contributed by atoms with Crippen molar-refractivity contribution in [3.63, 3.8) is 0 Å². The lowest BCUT2D eigenvalue weighted by Crippen LogP contribution is -2.37. The third-order valence-corrected chi connectivity index (χ3v) is 6.92. The molecule has 0 aliphatic carbocycles. The van der Waals surface area contributed by atoms with Gasteiger partial charge in [-0.15, -0.1) is 0 Å². The van der Waals surface area contributed by atoms with E-state index in [1.165, 1.54) is 12.1 Å². The first kappa shape index (κ1) is 41.0. The molecule has 46 heavy (non-hydrogen) atoms. The Labute approximate surface area is 275 Å². The summed E-state index contributed by atoms with van der Waals surface area (Å²) in [5.74, 6) is -2.10. The third kappa shape index (κ3) is 16.5. The van der Waals surface area contributed by atoms with Gasteiger partial charge in [-0.2, -0.15) is 0 Å². The quantitative estimate of drug-likeness (QED) is 0.403. The Bertz CT molecular complexity index is 1110. The van der Waals surface area contributed by atoms with Crippen LogP contribution in [-0.2, 0) is 32.0 Å². The van der Waals surface area contributed by atoms with Crippen molar-refractivity contribution in [2.24, 2.45) is 0 Å². The number of ether oxygens (including phenoxy) is 4. The van der Waals surface area contributed by atoms with E-state index in [9.17, 15) is 19.8 Å². The highest BCUT2D eigenvalue weighted by molar-refractivity contribution is 5.85. The first-order valence-electron chi connectivity index (χ1n) is 16.6. The molecule has 0 radical (unpaired) electrons. The maximum absolute atomic E-state index is 11.4. The number of carboxylic acid groups (broad SMARTS) is 2. The lowest BCUT2D eigenvalue weighted by molar-refractivity contribution is -0.0778. The minimum atomic E-state index is -1.05. The average Bonchev–Trinajstić information content (AvgIpc) is 3.06. The van der Waals surface area contributed by atoms with Crippen LogP contribution in [0.5, 0.6) is 0 Å². The zero-order chi connectivity index (χ0) is 34.2. The number of carboxylic acids is 2. The van der Waals surface area contributed by atoms with E-state index in [2.05, 4.69) is 26.7 Å². The molecular formula is C34H56N4O8. The van der Waals surface area contributed by atoms with Crippen molar-refractivity contribution in [3.8, 4) is 0 Å². The SMILES string of the molecule is CC.CC.CCCC1OCCN(Cc2cccc(C(=O)O)n2)CCOCCOCCN(Cc2cccc(C(=O)O)n2)CCOC1C. The number of hydrogen-bond donors (Lipinski definition) is 2. The molecule has 0 aromatic carbocycles. The summed E-state index contributed by atoms with van der Waals surface area (Å²) in [6.45, 7) is 18.4. The molecule has 2 unspecified atom stereocenters. The van der Waals surface area contributed by atoms with E-state index in [4.69, 9.17) is 18.9 Å². The van der Waals surface area contributed by atoms with Gasteiger partial charge >= 0.3 is 11.9 Å². The summed E-state index contributed by atoms with van der Waals surface area (Å²) in [5, 5.41) is 18.6. The zero-order valence-electron chi connectivity index (χ0n) is 28.7. The van der Waals surface area contributed by atoms with Gasteiger partial charge < -0.3 is 29.2 Å². The van der Waals surface area contributed by atoms with E-state index in [0.717, 1.165) is 12.8 Å². The Hall–Kier alpha value is -3.00. The van der Waals surface area contributed by atoms with Crippen LogP contribution in [0, 0.1) is 0 Å². The van der Waals surface area contributed by atoms with Gasteiger partial charge in [-0.3, -0.25) is 9.80 Å². The summed E-state index contributed by atoms with van der Waals surface area (Å²) in [5.41, 5.74) is 1.40. The molecule has 1 aliphatic rings. The van der Waals surface area contributed by atoms with Crippen molar-refractivity contribution in [1.82, 2.24) is 19.8 Å². The fourth-order valence-electron chi connectivity index (χ4n) is 4.63. The van der Waals surface area contributed by atoms with Gasteiger partial charge in [0.25, 0.3) is 0 Å². The standard InChI is InChI=1S/C30H44N4O8.2C2H6/c1-3-6-28-23(2)41-17-13-33(21-24-7-4-9-26(31-24)29(35)36)11-15-39-19-20-40-16-12-34(14-18-42-28)22-25-8-5-10-27(32-25)30(37)38;2*1-2/h4-5,7-10,23,28H,3,6,11-22H2,1-2H3,(H,35,36)(H,37,38);2*1-2H3. The number of pyridine rings is 2. The Morgan fingerprint density at radius 3 is 1.59 bits per heavy atom. The largest absolute Gasteiger partial charge is 0.477 e. The lowest BCUT2D eigenvalue weighted by Gasteiger charge is -2.28. The molecule has 3 heterocycles. The number of rotatable bonds is 8. The van der Waals surface area contributed by atoms with Crippen LogP contribution >= 0.6 is 0 Å².